The molecule has 5 nitrogen and oxygen atoms in total. The highest BCUT2D eigenvalue weighted by molar-refractivity contribution is 6.09. The molecule has 0 saturated carbocycles. The van der Waals surface area contributed by atoms with E-state index < -0.39 is 29.5 Å². The summed E-state index contributed by atoms with van der Waals surface area (Å²) in [6.45, 7) is 5.97. The van der Waals surface area contributed by atoms with Crippen molar-refractivity contribution >= 4 is 28.3 Å². The maximum atomic E-state index is 13.6. The second kappa shape index (κ2) is 5.79. The minimum absolute atomic E-state index is 0.179. The first-order valence-corrected chi connectivity index (χ1v) is 9.49. The number of nitrogens with zero attached hydrogens (tertiary/aromatic N) is 1. The van der Waals surface area contributed by atoms with Crippen molar-refractivity contribution in [2.24, 2.45) is 11.8 Å². The summed E-state index contributed by atoms with van der Waals surface area (Å²) in [6, 6.07) is 13.4. The van der Waals surface area contributed by atoms with Crippen LogP contribution in [0.3, 0.4) is 0 Å². The van der Waals surface area contributed by atoms with Crippen LogP contribution in [-0.2, 0) is 14.3 Å². The molecule has 0 aliphatic carbocycles. The first-order chi connectivity index (χ1) is 13.4. The van der Waals surface area contributed by atoms with E-state index in [-0.39, 0.29) is 11.9 Å². The van der Waals surface area contributed by atoms with Gasteiger partial charge in [0.05, 0.1) is 23.8 Å². The van der Waals surface area contributed by atoms with E-state index in [9.17, 15) is 14.7 Å². The molecule has 5 unspecified atom stereocenters. The van der Waals surface area contributed by atoms with Gasteiger partial charge in [0.2, 0.25) is 5.91 Å². The van der Waals surface area contributed by atoms with Gasteiger partial charge in [-0.05, 0) is 24.8 Å². The van der Waals surface area contributed by atoms with Gasteiger partial charge in [0.15, 0.2) is 0 Å². The largest absolute Gasteiger partial charge is 0.481 e. The standard InChI is InChI=1S/C23H21NO4/c1-13(2)12-18-23-11-10-17(28-23)19(22(26)27)20(23)21(25)24(18)16-9-5-7-14-6-3-4-8-15(14)16/h3-11,17-20H,1,12H2,2H3,(H,26,27). The molecular weight excluding hydrogens is 354 g/mol. The number of benzene rings is 2. The molecule has 1 spiro atoms. The van der Waals surface area contributed by atoms with Crippen LogP contribution in [0.1, 0.15) is 13.3 Å². The monoisotopic (exact) mass is 375 g/mol. The Bertz CT molecular complexity index is 1050. The lowest BCUT2D eigenvalue weighted by Crippen LogP contribution is -2.45. The van der Waals surface area contributed by atoms with Crippen molar-refractivity contribution in [1.82, 2.24) is 0 Å². The van der Waals surface area contributed by atoms with E-state index in [1.807, 2.05) is 55.5 Å². The maximum absolute atomic E-state index is 13.6. The highest BCUT2D eigenvalue weighted by Gasteiger charge is 2.71. The summed E-state index contributed by atoms with van der Waals surface area (Å²) in [4.78, 5) is 27.4. The smallest absolute Gasteiger partial charge is 0.310 e. The molecule has 1 amide bonds. The lowest BCUT2D eigenvalue weighted by atomic mass is 9.74. The molecule has 3 heterocycles. The first-order valence-electron chi connectivity index (χ1n) is 9.49. The van der Waals surface area contributed by atoms with Crippen LogP contribution < -0.4 is 4.90 Å². The molecular formula is C23H21NO4. The van der Waals surface area contributed by atoms with Crippen molar-refractivity contribution in [1.29, 1.82) is 0 Å². The van der Waals surface area contributed by atoms with Crippen molar-refractivity contribution in [3.05, 3.63) is 66.8 Å². The van der Waals surface area contributed by atoms with Crippen LogP contribution in [0.15, 0.2) is 66.8 Å². The Kier molecular flexibility index (Phi) is 3.55. The highest BCUT2D eigenvalue weighted by atomic mass is 16.5. The van der Waals surface area contributed by atoms with Gasteiger partial charge in [0.1, 0.15) is 11.5 Å². The molecule has 5 heteroatoms. The molecule has 0 radical (unpaired) electrons. The van der Waals surface area contributed by atoms with E-state index in [1.165, 1.54) is 0 Å². The van der Waals surface area contributed by atoms with Gasteiger partial charge in [-0.15, -0.1) is 6.58 Å². The van der Waals surface area contributed by atoms with Crippen molar-refractivity contribution in [2.75, 3.05) is 4.90 Å². The average molecular weight is 375 g/mol. The van der Waals surface area contributed by atoms with Crippen LogP contribution >= 0.6 is 0 Å². The molecule has 2 aromatic rings. The lowest BCUT2D eigenvalue weighted by molar-refractivity contribution is -0.146. The predicted octanol–water partition coefficient (Wildman–Crippen LogP) is 3.55. The number of anilines is 1. The number of rotatable bonds is 4. The number of amides is 1. The van der Waals surface area contributed by atoms with Gasteiger partial charge >= 0.3 is 5.97 Å². The minimum Gasteiger partial charge on any atom is -0.481 e. The molecule has 5 atom stereocenters. The summed E-state index contributed by atoms with van der Waals surface area (Å²) in [5, 5.41) is 11.8. The summed E-state index contributed by atoms with van der Waals surface area (Å²) in [5.41, 5.74) is 0.806. The fraction of sp³-hybridized carbons (Fsp3) is 0.304. The molecule has 3 aliphatic rings. The third-order valence-electron chi connectivity index (χ3n) is 6.27. The zero-order chi connectivity index (χ0) is 19.6. The summed E-state index contributed by atoms with van der Waals surface area (Å²) >= 11 is 0. The number of hydrogen-bond acceptors (Lipinski definition) is 3. The lowest BCUT2D eigenvalue weighted by Gasteiger charge is -2.34. The quantitative estimate of drug-likeness (QED) is 0.830. The van der Waals surface area contributed by atoms with Gasteiger partial charge < -0.3 is 14.7 Å². The van der Waals surface area contributed by atoms with E-state index in [4.69, 9.17) is 4.74 Å². The molecule has 3 aliphatic heterocycles. The van der Waals surface area contributed by atoms with Crippen LogP contribution in [0, 0.1) is 11.8 Å². The Morgan fingerprint density at radius 2 is 2.00 bits per heavy atom. The van der Waals surface area contributed by atoms with Crippen LogP contribution in [0.4, 0.5) is 5.69 Å². The summed E-state index contributed by atoms with van der Waals surface area (Å²) < 4.78 is 6.21. The van der Waals surface area contributed by atoms with E-state index in [0.717, 1.165) is 22.0 Å². The molecule has 2 fully saturated rings. The molecule has 2 aromatic carbocycles. The summed E-state index contributed by atoms with van der Waals surface area (Å²) in [7, 11) is 0. The number of fused-ring (bicyclic) bond motifs is 2. The number of carbonyl (C=O) groups excluding carboxylic acids is 1. The van der Waals surface area contributed by atoms with E-state index in [0.29, 0.717) is 6.42 Å². The Hall–Kier alpha value is -2.92. The second-order valence-corrected chi connectivity index (χ2v) is 8.02. The number of carboxylic acid groups (broad SMARTS) is 1. The molecule has 2 saturated heterocycles. The summed E-state index contributed by atoms with van der Waals surface area (Å²) in [6.07, 6.45) is 3.72. The van der Waals surface area contributed by atoms with Crippen molar-refractivity contribution in [3.63, 3.8) is 0 Å². The van der Waals surface area contributed by atoms with Crippen LogP contribution in [0.25, 0.3) is 10.8 Å². The van der Waals surface area contributed by atoms with E-state index in [2.05, 4.69) is 6.58 Å². The minimum atomic E-state index is -0.983. The van der Waals surface area contributed by atoms with Crippen LogP contribution in [0.5, 0.6) is 0 Å². The predicted molar refractivity (Wildman–Crippen MR) is 106 cm³/mol. The third kappa shape index (κ3) is 2.11. The average Bonchev–Trinajstić information content (AvgIpc) is 3.30. The number of aliphatic carboxylic acids is 1. The normalized spacial score (nSPS) is 32.9. The Morgan fingerprint density at radius 3 is 2.75 bits per heavy atom. The topological polar surface area (TPSA) is 66.8 Å². The van der Waals surface area contributed by atoms with Crippen LogP contribution in [-0.4, -0.2) is 34.7 Å². The van der Waals surface area contributed by atoms with Crippen molar-refractivity contribution in [2.45, 2.75) is 31.1 Å². The van der Waals surface area contributed by atoms with Crippen LogP contribution in [0.2, 0.25) is 0 Å². The molecule has 5 rings (SSSR count). The Morgan fingerprint density at radius 1 is 1.25 bits per heavy atom. The second-order valence-electron chi connectivity index (χ2n) is 8.02. The Labute approximate surface area is 162 Å². The number of carboxylic acids is 1. The molecule has 1 N–H and O–H groups in total. The van der Waals surface area contributed by atoms with Gasteiger partial charge in [-0.3, -0.25) is 9.59 Å². The van der Waals surface area contributed by atoms with Crippen molar-refractivity contribution < 1.29 is 19.4 Å². The molecule has 142 valence electrons. The molecule has 2 bridgehead atoms. The first kappa shape index (κ1) is 17.2. The fourth-order valence-electron chi connectivity index (χ4n) is 5.22. The number of ether oxygens (including phenoxy) is 1. The number of carbonyl (C=O) groups is 2. The fourth-order valence-corrected chi connectivity index (χ4v) is 5.22. The van der Waals surface area contributed by atoms with Gasteiger partial charge in [-0.2, -0.15) is 0 Å². The zero-order valence-electron chi connectivity index (χ0n) is 15.5. The molecule has 0 aromatic heterocycles. The molecule has 28 heavy (non-hydrogen) atoms. The van der Waals surface area contributed by atoms with Gasteiger partial charge in [-0.1, -0.05) is 54.1 Å². The maximum Gasteiger partial charge on any atom is 0.310 e. The SMILES string of the molecule is C=C(C)CC1N(c2cccc3ccccc23)C(=O)C2C(C(=O)O)C3C=CC21O3. The van der Waals surface area contributed by atoms with Gasteiger partial charge in [-0.25, -0.2) is 0 Å². The van der Waals surface area contributed by atoms with Gasteiger partial charge in [0, 0.05) is 5.39 Å². The Balaban J connectivity index is 1.71. The third-order valence-corrected chi connectivity index (χ3v) is 6.27. The van der Waals surface area contributed by atoms with E-state index >= 15 is 0 Å². The van der Waals surface area contributed by atoms with Crippen molar-refractivity contribution in [3.8, 4) is 0 Å². The zero-order valence-corrected chi connectivity index (χ0v) is 15.5. The highest BCUT2D eigenvalue weighted by Crippen LogP contribution is 2.57. The van der Waals surface area contributed by atoms with Gasteiger partial charge in [0.25, 0.3) is 0 Å². The number of hydrogen-bond donors (Lipinski definition) is 1. The van der Waals surface area contributed by atoms with E-state index in [1.54, 1.807) is 11.0 Å². The summed E-state index contributed by atoms with van der Waals surface area (Å²) in [5.74, 6) is -2.74.